The summed E-state index contributed by atoms with van der Waals surface area (Å²) >= 11 is 7.68. The number of hydrogen-bond acceptors (Lipinski definition) is 7. The number of benzene rings is 2. The van der Waals surface area contributed by atoms with Crippen molar-refractivity contribution in [3.05, 3.63) is 92.2 Å². The van der Waals surface area contributed by atoms with Crippen LogP contribution in [-0.2, 0) is 19.5 Å². The average Bonchev–Trinajstić information content (AvgIpc) is 3.51. The van der Waals surface area contributed by atoms with Crippen LogP contribution in [0, 0.1) is 5.82 Å². The lowest BCUT2D eigenvalue weighted by Crippen LogP contribution is -2.20. The van der Waals surface area contributed by atoms with Gasteiger partial charge in [0.25, 0.3) is 0 Å². The summed E-state index contributed by atoms with van der Waals surface area (Å²) in [6.45, 7) is 3.30. The number of rotatable bonds is 10. The normalized spacial score (nSPS) is 12.3. The van der Waals surface area contributed by atoms with Crippen molar-refractivity contribution in [2.45, 2.75) is 45.3 Å². The van der Waals surface area contributed by atoms with E-state index in [2.05, 4.69) is 20.3 Å². The molecule has 0 unspecified atom stereocenters. The number of nitrogens with zero attached hydrogens (tertiary/aromatic N) is 3. The number of nitrogen functional groups attached to an aromatic ring is 1. The summed E-state index contributed by atoms with van der Waals surface area (Å²) in [5.74, 6) is -0.516. The minimum Gasteiger partial charge on any atom is -0.375 e. The first-order chi connectivity index (χ1) is 18.8. The van der Waals surface area contributed by atoms with E-state index < -0.39 is 11.5 Å². The predicted octanol–water partition coefficient (Wildman–Crippen LogP) is 5.17. The quantitative estimate of drug-likeness (QED) is 0.185. The van der Waals surface area contributed by atoms with Crippen LogP contribution >= 0.6 is 22.9 Å². The highest BCUT2D eigenvalue weighted by Crippen LogP contribution is 2.31. The Hall–Kier alpha value is -3.57. The molecule has 0 radical (unpaired) electrons. The number of fused-ring (bicyclic) bond motifs is 1. The van der Waals surface area contributed by atoms with Crippen LogP contribution in [0.5, 0.6) is 0 Å². The highest BCUT2D eigenvalue weighted by atomic mass is 35.5. The third-order valence-electron chi connectivity index (χ3n) is 6.43. The molecule has 0 aliphatic rings. The molecule has 0 aliphatic carbocycles. The van der Waals surface area contributed by atoms with E-state index in [1.165, 1.54) is 15.9 Å². The van der Waals surface area contributed by atoms with Crippen LogP contribution in [0.4, 0.5) is 9.52 Å². The second-order valence-corrected chi connectivity index (χ2v) is 11.2. The molecule has 11 heteroatoms. The first kappa shape index (κ1) is 27.0. The van der Waals surface area contributed by atoms with E-state index in [4.69, 9.17) is 23.1 Å². The van der Waals surface area contributed by atoms with Gasteiger partial charge in [0.1, 0.15) is 5.65 Å². The van der Waals surface area contributed by atoms with Crippen LogP contribution in [0.3, 0.4) is 0 Å². The van der Waals surface area contributed by atoms with Crippen molar-refractivity contribution in [2.75, 3.05) is 5.73 Å². The molecule has 5 aromatic rings. The third-order valence-corrected chi connectivity index (χ3v) is 7.53. The zero-order valence-corrected chi connectivity index (χ0v) is 23.0. The van der Waals surface area contributed by atoms with Gasteiger partial charge in [-0.3, -0.25) is 4.57 Å². The fourth-order valence-electron chi connectivity index (χ4n) is 4.45. The summed E-state index contributed by atoms with van der Waals surface area (Å²) in [6.07, 6.45) is 5.96. The van der Waals surface area contributed by atoms with E-state index in [1.807, 2.05) is 31.2 Å². The number of nitrogens with two attached hydrogens (primary N) is 2. The Balaban J connectivity index is 1.35. The van der Waals surface area contributed by atoms with Gasteiger partial charge in [-0.05, 0) is 67.6 Å². The molecule has 0 amide bonds. The number of halogens is 2. The van der Waals surface area contributed by atoms with Gasteiger partial charge in [-0.1, -0.05) is 23.7 Å². The fraction of sp³-hybridized carbons (Fsp3) is 0.250. The number of aromatic amines is 1. The van der Waals surface area contributed by atoms with Gasteiger partial charge in [0, 0.05) is 47.4 Å². The molecule has 0 saturated carbocycles. The summed E-state index contributed by atoms with van der Waals surface area (Å²) in [5, 5.41) is 4.64. The Morgan fingerprint density at radius 2 is 1.97 bits per heavy atom. The van der Waals surface area contributed by atoms with Gasteiger partial charge in [-0.15, -0.1) is 11.3 Å². The van der Waals surface area contributed by atoms with Crippen molar-refractivity contribution in [3.63, 3.8) is 0 Å². The molecule has 0 spiro atoms. The molecule has 202 valence electrons. The maximum atomic E-state index is 15.0. The van der Waals surface area contributed by atoms with Gasteiger partial charge < -0.3 is 21.8 Å². The lowest BCUT2D eigenvalue weighted by Gasteiger charge is -2.09. The Morgan fingerprint density at radius 3 is 2.69 bits per heavy atom. The summed E-state index contributed by atoms with van der Waals surface area (Å²) < 4.78 is 16.5. The molecule has 8 nitrogen and oxygen atoms in total. The molecule has 3 heterocycles. The number of anilines is 1. The number of H-pyrrole nitrogens is 1. The standard InChI is InChI=1S/C28H29ClFN7OS/c1-16(31)3-2-4-18-9-22(25(30)23(29)10-18)24-11-19-15-37(28(38)36-26(19)35-24)20-7-5-17(6-8-20)12-33-13-21-14-34-27(32)39-21/h5-11,14-16,33H,2-4,12-13,31H2,1H3,(H2,32,34)(H,35,36,38)/t16-/m0/s1. The van der Waals surface area contributed by atoms with Gasteiger partial charge in [0.15, 0.2) is 10.9 Å². The van der Waals surface area contributed by atoms with E-state index in [9.17, 15) is 4.79 Å². The van der Waals surface area contributed by atoms with Gasteiger partial charge in [0.2, 0.25) is 0 Å². The van der Waals surface area contributed by atoms with Crippen LogP contribution in [0.2, 0.25) is 5.02 Å². The Bertz CT molecular complexity index is 1660. The number of thiazole rings is 1. The van der Waals surface area contributed by atoms with Crippen molar-refractivity contribution in [2.24, 2.45) is 5.73 Å². The van der Waals surface area contributed by atoms with Crippen LogP contribution in [0.15, 0.2) is 59.7 Å². The van der Waals surface area contributed by atoms with Crippen molar-refractivity contribution in [3.8, 4) is 16.9 Å². The Morgan fingerprint density at radius 1 is 1.18 bits per heavy atom. The molecule has 2 aromatic carbocycles. The van der Waals surface area contributed by atoms with E-state index in [0.29, 0.717) is 46.2 Å². The molecule has 0 saturated heterocycles. The van der Waals surface area contributed by atoms with Gasteiger partial charge >= 0.3 is 5.69 Å². The number of aromatic nitrogens is 4. The summed E-state index contributed by atoms with van der Waals surface area (Å²) in [6, 6.07) is 13.0. The number of nitrogens with one attached hydrogen (secondary N) is 2. The third kappa shape index (κ3) is 6.36. The summed E-state index contributed by atoms with van der Waals surface area (Å²) in [7, 11) is 0. The minimum absolute atomic E-state index is 0.0558. The van der Waals surface area contributed by atoms with Crippen LogP contribution in [0.25, 0.3) is 28.0 Å². The zero-order chi connectivity index (χ0) is 27.5. The second-order valence-electron chi connectivity index (χ2n) is 9.62. The van der Waals surface area contributed by atoms with E-state index in [1.54, 1.807) is 30.6 Å². The maximum absolute atomic E-state index is 15.0. The fourth-order valence-corrected chi connectivity index (χ4v) is 5.34. The smallest absolute Gasteiger partial charge is 0.354 e. The second kappa shape index (κ2) is 11.7. The average molecular weight is 566 g/mol. The van der Waals surface area contributed by atoms with Crippen LogP contribution in [0.1, 0.15) is 35.8 Å². The van der Waals surface area contributed by atoms with E-state index in [0.717, 1.165) is 35.3 Å². The lowest BCUT2D eigenvalue weighted by atomic mass is 10.0. The van der Waals surface area contributed by atoms with E-state index >= 15 is 4.39 Å². The highest BCUT2D eigenvalue weighted by Gasteiger charge is 2.15. The monoisotopic (exact) mass is 565 g/mol. The first-order valence-corrected chi connectivity index (χ1v) is 13.8. The van der Waals surface area contributed by atoms with Crippen molar-refractivity contribution < 1.29 is 4.39 Å². The molecule has 0 aliphatic heterocycles. The van der Waals surface area contributed by atoms with Crippen LogP contribution in [-0.4, -0.2) is 25.6 Å². The first-order valence-electron chi connectivity index (χ1n) is 12.6. The minimum atomic E-state index is -0.516. The van der Waals surface area contributed by atoms with Gasteiger partial charge in [-0.25, -0.2) is 14.2 Å². The van der Waals surface area contributed by atoms with Gasteiger partial charge in [0.05, 0.1) is 16.4 Å². The highest BCUT2D eigenvalue weighted by molar-refractivity contribution is 7.15. The largest absolute Gasteiger partial charge is 0.375 e. The SMILES string of the molecule is C[C@H](N)CCCc1cc(Cl)c(F)c(-c2cc3cn(-c4ccc(CNCc5cnc(N)s5)cc4)c(=O)nc3[nH]2)c1. The predicted molar refractivity (Wildman–Crippen MR) is 156 cm³/mol. The maximum Gasteiger partial charge on any atom is 0.354 e. The summed E-state index contributed by atoms with van der Waals surface area (Å²) in [4.78, 5) is 25.2. The molecular formula is C28H29ClFN7OS. The molecule has 0 bridgehead atoms. The summed E-state index contributed by atoms with van der Waals surface area (Å²) in [5.41, 5.74) is 15.0. The molecular weight excluding hydrogens is 537 g/mol. The Labute approximate surface area is 233 Å². The van der Waals surface area contributed by atoms with Crippen LogP contribution < -0.4 is 22.5 Å². The molecule has 39 heavy (non-hydrogen) atoms. The molecule has 5 rings (SSSR count). The molecule has 6 N–H and O–H groups in total. The lowest BCUT2D eigenvalue weighted by molar-refractivity contribution is 0.618. The van der Waals surface area contributed by atoms with Crippen molar-refractivity contribution in [1.29, 1.82) is 0 Å². The molecule has 1 atom stereocenters. The molecule has 3 aromatic heterocycles. The number of hydrogen-bond donors (Lipinski definition) is 4. The van der Waals surface area contributed by atoms with E-state index in [-0.39, 0.29) is 11.1 Å². The van der Waals surface area contributed by atoms with Gasteiger partial charge in [-0.2, -0.15) is 4.98 Å². The van der Waals surface area contributed by atoms with Crippen molar-refractivity contribution >= 4 is 39.1 Å². The molecule has 0 fully saturated rings. The van der Waals surface area contributed by atoms with Crippen molar-refractivity contribution in [1.82, 2.24) is 24.8 Å². The number of aryl methyl sites for hydroxylation is 1. The zero-order valence-electron chi connectivity index (χ0n) is 21.4. The Kier molecular flexibility index (Phi) is 8.08. The topological polar surface area (TPSA) is 128 Å².